The summed E-state index contributed by atoms with van der Waals surface area (Å²) < 4.78 is 0. The van der Waals surface area contributed by atoms with E-state index in [4.69, 9.17) is 11.6 Å². The van der Waals surface area contributed by atoms with E-state index in [-0.39, 0.29) is 11.6 Å². The van der Waals surface area contributed by atoms with Gasteiger partial charge in [-0.2, -0.15) is 0 Å². The molecule has 0 saturated heterocycles. The van der Waals surface area contributed by atoms with Crippen molar-refractivity contribution in [1.29, 1.82) is 0 Å². The Balaban J connectivity index is 3.06. The zero-order chi connectivity index (χ0) is 14.4. The van der Waals surface area contributed by atoms with Crippen molar-refractivity contribution in [3.05, 3.63) is 39.4 Å². The quantitative estimate of drug-likeness (QED) is 0.458. The van der Waals surface area contributed by atoms with Gasteiger partial charge < -0.3 is 4.90 Å². The van der Waals surface area contributed by atoms with Gasteiger partial charge in [0.15, 0.2) is 0 Å². The van der Waals surface area contributed by atoms with E-state index in [1.165, 1.54) is 12.1 Å². The number of halogens is 1. The van der Waals surface area contributed by atoms with Crippen LogP contribution in [0.25, 0.3) is 0 Å². The first-order chi connectivity index (χ1) is 8.99. The topological polar surface area (TPSA) is 63.5 Å². The molecule has 1 aromatic carbocycles. The summed E-state index contributed by atoms with van der Waals surface area (Å²) in [6, 6.07) is 4.42. The van der Waals surface area contributed by atoms with Crippen molar-refractivity contribution < 1.29 is 9.72 Å². The average molecular weight is 285 g/mol. The maximum Gasteiger partial charge on any atom is 0.270 e. The van der Waals surface area contributed by atoms with Gasteiger partial charge >= 0.3 is 0 Å². The minimum atomic E-state index is -0.491. The van der Waals surface area contributed by atoms with E-state index in [0.29, 0.717) is 30.1 Å². The molecule has 6 heteroatoms. The molecule has 1 amide bonds. The fourth-order valence-electron chi connectivity index (χ4n) is 1.86. The molecular weight excluding hydrogens is 268 g/mol. The van der Waals surface area contributed by atoms with Crippen LogP contribution in [0.1, 0.15) is 29.3 Å². The number of benzene rings is 1. The Hall–Kier alpha value is -1.62. The fraction of sp³-hybridized carbons (Fsp3) is 0.462. The Labute approximate surface area is 117 Å². The highest BCUT2D eigenvalue weighted by molar-refractivity contribution is 6.18. The number of amides is 1. The van der Waals surface area contributed by atoms with Crippen molar-refractivity contribution >= 4 is 23.2 Å². The van der Waals surface area contributed by atoms with Crippen molar-refractivity contribution in [3.63, 3.8) is 0 Å². The first-order valence-corrected chi connectivity index (χ1v) is 6.64. The van der Waals surface area contributed by atoms with Gasteiger partial charge in [-0.25, -0.2) is 0 Å². The average Bonchev–Trinajstić information content (AvgIpc) is 2.37. The van der Waals surface area contributed by atoms with Gasteiger partial charge in [-0.05, 0) is 25.0 Å². The standard InChI is InChI=1S/C13H17ClN2O3/c1-3-5-15(6-4-14)13(17)11-7-10(2)8-12(9-11)16(18)19/h7-9H,3-6H2,1-2H3. The lowest BCUT2D eigenvalue weighted by atomic mass is 10.1. The summed E-state index contributed by atoms with van der Waals surface area (Å²) in [4.78, 5) is 24.2. The second-order valence-electron chi connectivity index (χ2n) is 4.30. The van der Waals surface area contributed by atoms with Gasteiger partial charge in [0.05, 0.1) is 4.92 Å². The third-order valence-electron chi connectivity index (χ3n) is 2.66. The zero-order valence-corrected chi connectivity index (χ0v) is 11.8. The van der Waals surface area contributed by atoms with Gasteiger partial charge in [0.25, 0.3) is 11.6 Å². The third kappa shape index (κ3) is 4.21. The highest BCUT2D eigenvalue weighted by Crippen LogP contribution is 2.18. The number of alkyl halides is 1. The number of non-ortho nitro benzene ring substituents is 1. The number of nitrogens with zero attached hydrogens (tertiary/aromatic N) is 2. The van der Waals surface area contributed by atoms with Gasteiger partial charge in [-0.1, -0.05) is 6.92 Å². The summed E-state index contributed by atoms with van der Waals surface area (Å²) in [7, 11) is 0. The molecule has 0 aliphatic heterocycles. The minimum absolute atomic E-state index is 0.0642. The molecule has 1 rings (SSSR count). The number of hydrogen-bond donors (Lipinski definition) is 0. The van der Waals surface area contributed by atoms with Gasteiger partial charge in [0, 0.05) is 36.7 Å². The minimum Gasteiger partial charge on any atom is -0.337 e. The normalized spacial score (nSPS) is 10.3. The molecule has 0 spiro atoms. The molecule has 0 heterocycles. The smallest absolute Gasteiger partial charge is 0.270 e. The Bertz CT molecular complexity index is 471. The Kier molecular flexibility index (Phi) is 5.76. The molecule has 19 heavy (non-hydrogen) atoms. The van der Waals surface area contributed by atoms with Gasteiger partial charge in [0.2, 0.25) is 0 Å². The highest BCUT2D eigenvalue weighted by atomic mass is 35.5. The molecule has 0 unspecified atom stereocenters. The van der Waals surface area contributed by atoms with E-state index in [1.807, 2.05) is 6.92 Å². The first kappa shape index (κ1) is 15.4. The van der Waals surface area contributed by atoms with E-state index in [9.17, 15) is 14.9 Å². The number of carbonyl (C=O) groups is 1. The number of nitro groups is 1. The van der Waals surface area contributed by atoms with Gasteiger partial charge in [-0.15, -0.1) is 11.6 Å². The second-order valence-corrected chi connectivity index (χ2v) is 4.67. The molecule has 104 valence electrons. The molecule has 0 aliphatic carbocycles. The van der Waals surface area contributed by atoms with Gasteiger partial charge in [0.1, 0.15) is 0 Å². The SMILES string of the molecule is CCCN(CCCl)C(=O)c1cc(C)cc([N+](=O)[O-])c1. The largest absolute Gasteiger partial charge is 0.337 e. The lowest BCUT2D eigenvalue weighted by molar-refractivity contribution is -0.384. The van der Waals surface area contributed by atoms with Crippen LogP contribution in [0.15, 0.2) is 18.2 Å². The maximum absolute atomic E-state index is 12.3. The summed E-state index contributed by atoms with van der Waals surface area (Å²) >= 11 is 5.67. The predicted octanol–water partition coefficient (Wildman–Crippen LogP) is 2.99. The number of rotatable bonds is 6. The van der Waals surface area contributed by atoms with Crippen LogP contribution in [0.5, 0.6) is 0 Å². The summed E-state index contributed by atoms with van der Waals surface area (Å²) in [6.45, 7) is 4.73. The Morgan fingerprint density at radius 2 is 2.05 bits per heavy atom. The summed E-state index contributed by atoms with van der Waals surface area (Å²) in [6.07, 6.45) is 0.816. The molecule has 0 bridgehead atoms. The number of carbonyl (C=O) groups excluding carboxylic acids is 1. The van der Waals surface area contributed by atoms with Crippen molar-refractivity contribution in [2.24, 2.45) is 0 Å². The molecule has 0 aromatic heterocycles. The lowest BCUT2D eigenvalue weighted by Crippen LogP contribution is -2.33. The number of aryl methyl sites for hydroxylation is 1. The fourth-order valence-corrected chi connectivity index (χ4v) is 2.07. The summed E-state index contributed by atoms with van der Waals surface area (Å²) in [5, 5.41) is 10.8. The molecule has 0 radical (unpaired) electrons. The Morgan fingerprint density at radius 3 is 2.58 bits per heavy atom. The highest BCUT2D eigenvalue weighted by Gasteiger charge is 2.18. The van der Waals surface area contributed by atoms with Crippen LogP contribution in [-0.4, -0.2) is 34.7 Å². The van der Waals surface area contributed by atoms with Crippen LogP contribution in [0.2, 0.25) is 0 Å². The monoisotopic (exact) mass is 284 g/mol. The van der Waals surface area contributed by atoms with Crippen LogP contribution in [0, 0.1) is 17.0 Å². The van der Waals surface area contributed by atoms with E-state index in [1.54, 1.807) is 17.9 Å². The van der Waals surface area contributed by atoms with Crippen LogP contribution in [-0.2, 0) is 0 Å². The van der Waals surface area contributed by atoms with Gasteiger partial charge in [-0.3, -0.25) is 14.9 Å². The molecular formula is C13H17ClN2O3. The van der Waals surface area contributed by atoms with Crippen LogP contribution < -0.4 is 0 Å². The molecule has 0 aliphatic rings. The molecule has 0 N–H and O–H groups in total. The van der Waals surface area contributed by atoms with Crippen molar-refractivity contribution in [3.8, 4) is 0 Å². The number of hydrogen-bond acceptors (Lipinski definition) is 3. The molecule has 0 atom stereocenters. The number of nitro benzene ring substituents is 1. The molecule has 0 saturated carbocycles. The zero-order valence-electron chi connectivity index (χ0n) is 11.1. The molecule has 5 nitrogen and oxygen atoms in total. The van der Waals surface area contributed by atoms with Crippen LogP contribution >= 0.6 is 11.6 Å². The second kappa shape index (κ2) is 7.09. The van der Waals surface area contributed by atoms with E-state index >= 15 is 0 Å². The van der Waals surface area contributed by atoms with Crippen LogP contribution in [0.3, 0.4) is 0 Å². The summed E-state index contributed by atoms with van der Waals surface area (Å²) in [5.74, 6) is 0.133. The van der Waals surface area contributed by atoms with E-state index in [0.717, 1.165) is 6.42 Å². The first-order valence-electron chi connectivity index (χ1n) is 6.11. The maximum atomic E-state index is 12.3. The summed E-state index contributed by atoms with van der Waals surface area (Å²) in [5.41, 5.74) is 0.968. The van der Waals surface area contributed by atoms with Crippen molar-refractivity contribution in [1.82, 2.24) is 4.90 Å². The Morgan fingerprint density at radius 1 is 1.37 bits per heavy atom. The predicted molar refractivity (Wildman–Crippen MR) is 74.7 cm³/mol. The van der Waals surface area contributed by atoms with Crippen LogP contribution in [0.4, 0.5) is 5.69 Å². The third-order valence-corrected chi connectivity index (χ3v) is 2.82. The lowest BCUT2D eigenvalue weighted by Gasteiger charge is -2.21. The van der Waals surface area contributed by atoms with Crippen molar-refractivity contribution in [2.75, 3.05) is 19.0 Å². The molecule has 0 fully saturated rings. The van der Waals surface area contributed by atoms with E-state index < -0.39 is 4.92 Å². The molecule has 1 aromatic rings. The van der Waals surface area contributed by atoms with Crippen molar-refractivity contribution in [2.45, 2.75) is 20.3 Å². The van der Waals surface area contributed by atoms with E-state index in [2.05, 4.69) is 0 Å².